The summed E-state index contributed by atoms with van der Waals surface area (Å²) in [6.45, 7) is 3.13. The highest BCUT2D eigenvalue weighted by molar-refractivity contribution is 9.10. The van der Waals surface area contributed by atoms with Gasteiger partial charge < -0.3 is 10.4 Å². The highest BCUT2D eigenvalue weighted by Crippen LogP contribution is 2.20. The van der Waals surface area contributed by atoms with Crippen LogP contribution in [0.2, 0.25) is 0 Å². The van der Waals surface area contributed by atoms with Crippen molar-refractivity contribution in [2.24, 2.45) is 0 Å². The molecule has 1 rings (SSSR count). The van der Waals surface area contributed by atoms with E-state index < -0.39 is 5.97 Å². The molecule has 0 fully saturated rings. The van der Waals surface area contributed by atoms with E-state index in [0.29, 0.717) is 5.56 Å². The molecule has 1 aromatic rings. The van der Waals surface area contributed by atoms with E-state index in [2.05, 4.69) is 28.2 Å². The number of unbranched alkanes of at least 4 members (excludes halogenated alkanes) is 7. The zero-order valence-electron chi connectivity index (χ0n) is 12.8. The molecule has 0 aliphatic heterocycles. The van der Waals surface area contributed by atoms with Crippen molar-refractivity contribution in [1.29, 1.82) is 0 Å². The van der Waals surface area contributed by atoms with Gasteiger partial charge in [0.25, 0.3) is 0 Å². The summed E-state index contributed by atoms with van der Waals surface area (Å²) in [5.41, 5.74) is 1.17. The van der Waals surface area contributed by atoms with Crippen LogP contribution in [0, 0.1) is 0 Å². The number of hydrogen-bond acceptors (Lipinski definition) is 2. The molecule has 3 nitrogen and oxygen atoms in total. The number of rotatable bonds is 11. The maximum atomic E-state index is 11.0. The van der Waals surface area contributed by atoms with E-state index in [1.807, 2.05) is 6.07 Å². The van der Waals surface area contributed by atoms with Gasteiger partial charge in [-0.05, 0) is 24.6 Å². The quantitative estimate of drug-likeness (QED) is 0.500. The molecule has 4 heteroatoms. The van der Waals surface area contributed by atoms with Gasteiger partial charge in [0.15, 0.2) is 0 Å². The summed E-state index contributed by atoms with van der Waals surface area (Å²) < 4.78 is 0.792. The Balaban J connectivity index is 2.17. The number of halogens is 1. The van der Waals surface area contributed by atoms with Crippen LogP contribution in [0.3, 0.4) is 0 Å². The van der Waals surface area contributed by atoms with Crippen LogP contribution in [0.5, 0.6) is 0 Å². The summed E-state index contributed by atoms with van der Waals surface area (Å²) in [6, 6.07) is 5.21. The first-order valence-corrected chi connectivity index (χ1v) is 8.70. The van der Waals surface area contributed by atoms with Gasteiger partial charge in [0.2, 0.25) is 0 Å². The van der Waals surface area contributed by atoms with Gasteiger partial charge in [0.1, 0.15) is 0 Å². The number of carbonyl (C=O) groups is 1. The van der Waals surface area contributed by atoms with Gasteiger partial charge in [0, 0.05) is 16.7 Å². The summed E-state index contributed by atoms with van der Waals surface area (Å²) in [4.78, 5) is 11.0. The molecule has 0 spiro atoms. The SMILES string of the molecule is CCCCCCCCCCNc1cc(Br)cc(C(=O)O)c1. The van der Waals surface area contributed by atoms with Crippen LogP contribution in [0.25, 0.3) is 0 Å². The predicted molar refractivity (Wildman–Crippen MR) is 92.2 cm³/mol. The summed E-state index contributed by atoms with van der Waals surface area (Å²) in [5.74, 6) is -0.897. The highest BCUT2D eigenvalue weighted by atomic mass is 79.9. The van der Waals surface area contributed by atoms with Crippen molar-refractivity contribution in [3.8, 4) is 0 Å². The average molecular weight is 356 g/mol. The van der Waals surface area contributed by atoms with Gasteiger partial charge >= 0.3 is 5.97 Å². The fourth-order valence-corrected chi connectivity index (χ4v) is 2.80. The Morgan fingerprint density at radius 3 is 2.29 bits per heavy atom. The molecule has 0 aromatic heterocycles. The molecular formula is C17H26BrNO2. The van der Waals surface area contributed by atoms with Crippen LogP contribution in [0.15, 0.2) is 22.7 Å². The van der Waals surface area contributed by atoms with Crippen molar-refractivity contribution < 1.29 is 9.90 Å². The molecule has 0 atom stereocenters. The lowest BCUT2D eigenvalue weighted by Crippen LogP contribution is -2.03. The third-order valence-electron chi connectivity index (χ3n) is 3.50. The largest absolute Gasteiger partial charge is 0.478 e. The Morgan fingerprint density at radius 1 is 1.05 bits per heavy atom. The van der Waals surface area contributed by atoms with Gasteiger partial charge in [-0.1, -0.05) is 67.8 Å². The Bertz CT molecular complexity index is 435. The standard InChI is InChI=1S/C17H26BrNO2/c1-2-3-4-5-6-7-8-9-10-19-16-12-14(17(20)21)11-15(18)13-16/h11-13,19H,2-10H2,1H3,(H,20,21). The van der Waals surface area contributed by atoms with Crippen LogP contribution in [-0.4, -0.2) is 17.6 Å². The highest BCUT2D eigenvalue weighted by Gasteiger charge is 2.05. The molecule has 0 unspecified atom stereocenters. The molecule has 0 aliphatic carbocycles. The van der Waals surface area contributed by atoms with Crippen molar-refractivity contribution in [1.82, 2.24) is 0 Å². The Labute approximate surface area is 136 Å². The van der Waals surface area contributed by atoms with Gasteiger partial charge in [-0.25, -0.2) is 4.79 Å². The molecule has 0 amide bonds. The Kier molecular flexibility index (Phi) is 9.15. The second kappa shape index (κ2) is 10.7. The average Bonchev–Trinajstić information content (AvgIpc) is 2.45. The molecule has 118 valence electrons. The van der Waals surface area contributed by atoms with Gasteiger partial charge in [-0.2, -0.15) is 0 Å². The second-order valence-corrected chi connectivity index (χ2v) is 6.35. The lowest BCUT2D eigenvalue weighted by Gasteiger charge is -2.08. The van der Waals surface area contributed by atoms with Gasteiger partial charge in [-0.3, -0.25) is 0 Å². The molecule has 0 bridgehead atoms. The first-order chi connectivity index (χ1) is 10.1. The minimum Gasteiger partial charge on any atom is -0.478 e. The molecule has 2 N–H and O–H groups in total. The van der Waals surface area contributed by atoms with Crippen LogP contribution in [-0.2, 0) is 0 Å². The molecular weight excluding hydrogens is 330 g/mol. The third-order valence-corrected chi connectivity index (χ3v) is 3.96. The zero-order valence-corrected chi connectivity index (χ0v) is 14.4. The minimum atomic E-state index is -0.897. The van der Waals surface area contributed by atoms with Crippen LogP contribution in [0.4, 0.5) is 5.69 Å². The van der Waals surface area contributed by atoms with Gasteiger partial charge in [-0.15, -0.1) is 0 Å². The second-order valence-electron chi connectivity index (χ2n) is 5.44. The number of anilines is 1. The molecule has 0 radical (unpaired) electrons. The normalized spacial score (nSPS) is 10.6. The summed E-state index contributed by atoms with van der Waals surface area (Å²) in [7, 11) is 0. The zero-order chi connectivity index (χ0) is 15.5. The van der Waals surface area contributed by atoms with Crippen molar-refractivity contribution in [3.63, 3.8) is 0 Å². The van der Waals surface area contributed by atoms with Crippen LogP contribution in [0.1, 0.15) is 68.6 Å². The minimum absolute atomic E-state index is 0.308. The maximum Gasteiger partial charge on any atom is 0.335 e. The predicted octanol–water partition coefficient (Wildman–Crippen LogP) is 5.70. The lowest BCUT2D eigenvalue weighted by atomic mass is 10.1. The van der Waals surface area contributed by atoms with E-state index >= 15 is 0 Å². The molecule has 0 saturated carbocycles. The Hall–Kier alpha value is -1.03. The molecule has 0 heterocycles. The third kappa shape index (κ3) is 8.10. The Morgan fingerprint density at radius 2 is 1.67 bits per heavy atom. The topological polar surface area (TPSA) is 49.3 Å². The monoisotopic (exact) mass is 355 g/mol. The van der Waals surface area contributed by atoms with Gasteiger partial charge in [0.05, 0.1) is 5.56 Å². The summed E-state index contributed by atoms with van der Waals surface area (Å²) in [5, 5.41) is 12.3. The van der Waals surface area contributed by atoms with E-state index in [4.69, 9.17) is 5.11 Å². The first-order valence-electron chi connectivity index (χ1n) is 7.91. The lowest BCUT2D eigenvalue weighted by molar-refractivity contribution is 0.0697. The number of benzene rings is 1. The van der Waals surface area contributed by atoms with Crippen molar-refractivity contribution in [2.75, 3.05) is 11.9 Å². The number of hydrogen-bond donors (Lipinski definition) is 2. The molecule has 1 aromatic carbocycles. The number of nitrogens with one attached hydrogen (secondary N) is 1. The first kappa shape index (κ1) is 18.0. The van der Waals surface area contributed by atoms with E-state index in [0.717, 1.165) is 23.1 Å². The molecule has 0 saturated heterocycles. The molecule has 0 aliphatic rings. The summed E-state index contributed by atoms with van der Waals surface area (Å²) >= 11 is 3.34. The molecule has 21 heavy (non-hydrogen) atoms. The van der Waals surface area contributed by atoms with Crippen molar-refractivity contribution in [3.05, 3.63) is 28.2 Å². The van der Waals surface area contributed by atoms with E-state index in [1.54, 1.807) is 12.1 Å². The number of aromatic carboxylic acids is 1. The van der Waals surface area contributed by atoms with E-state index in [9.17, 15) is 4.79 Å². The van der Waals surface area contributed by atoms with Crippen LogP contribution < -0.4 is 5.32 Å². The number of carboxylic acids is 1. The fraction of sp³-hybridized carbons (Fsp3) is 0.588. The van der Waals surface area contributed by atoms with Crippen LogP contribution >= 0.6 is 15.9 Å². The smallest absolute Gasteiger partial charge is 0.335 e. The maximum absolute atomic E-state index is 11.0. The van der Waals surface area contributed by atoms with Crippen molar-refractivity contribution in [2.45, 2.75) is 58.3 Å². The fourth-order valence-electron chi connectivity index (χ4n) is 2.31. The van der Waals surface area contributed by atoms with E-state index in [1.165, 1.54) is 44.9 Å². The van der Waals surface area contributed by atoms with E-state index in [-0.39, 0.29) is 0 Å². The van der Waals surface area contributed by atoms with Crippen molar-refractivity contribution >= 4 is 27.6 Å². The number of carboxylic acid groups (broad SMARTS) is 1. The summed E-state index contributed by atoms with van der Waals surface area (Å²) in [6.07, 6.45) is 10.4.